The normalized spacial score (nSPS) is 18.3. The number of piperazine rings is 1. The summed E-state index contributed by atoms with van der Waals surface area (Å²) in [7, 11) is 0. The second-order valence-corrected chi connectivity index (χ2v) is 4.71. The van der Waals surface area contributed by atoms with E-state index in [0.717, 1.165) is 6.07 Å². The van der Waals surface area contributed by atoms with E-state index in [-0.39, 0.29) is 23.7 Å². The van der Waals surface area contributed by atoms with Crippen molar-refractivity contribution in [2.45, 2.75) is 13.0 Å². The molecule has 0 aromatic heterocycles. The molecule has 1 amide bonds. The van der Waals surface area contributed by atoms with Crippen LogP contribution in [0.2, 0.25) is 0 Å². The number of aromatic hydroxyl groups is 2. The molecule has 7 nitrogen and oxygen atoms in total. The first-order valence-corrected chi connectivity index (χ1v) is 6.74. The molecule has 114 valence electrons. The Bertz CT molecular complexity index is 526. The highest BCUT2D eigenvalue weighted by molar-refractivity contribution is 5.97. The van der Waals surface area contributed by atoms with Gasteiger partial charge in [0.25, 0.3) is 5.91 Å². The number of carbonyl (C=O) groups excluding carboxylic acids is 2. The highest BCUT2D eigenvalue weighted by atomic mass is 16.5. The predicted octanol–water partition coefficient (Wildman–Crippen LogP) is 0.0749. The summed E-state index contributed by atoms with van der Waals surface area (Å²) in [5, 5.41) is 22.0. The first-order valence-electron chi connectivity index (χ1n) is 6.74. The van der Waals surface area contributed by atoms with Crippen LogP contribution in [-0.4, -0.2) is 59.3 Å². The van der Waals surface area contributed by atoms with E-state index in [2.05, 4.69) is 5.32 Å². The lowest BCUT2D eigenvalue weighted by atomic mass is 10.1. The molecular formula is C14H18N2O5. The summed E-state index contributed by atoms with van der Waals surface area (Å²) in [6, 6.07) is 2.94. The van der Waals surface area contributed by atoms with Gasteiger partial charge in [-0.2, -0.15) is 0 Å². The van der Waals surface area contributed by atoms with Crippen LogP contribution in [0.5, 0.6) is 11.5 Å². The minimum absolute atomic E-state index is 0.128. The Kier molecular flexibility index (Phi) is 4.64. The number of rotatable bonds is 3. The Morgan fingerprint density at radius 1 is 1.33 bits per heavy atom. The van der Waals surface area contributed by atoms with Crippen molar-refractivity contribution in [3.05, 3.63) is 23.8 Å². The van der Waals surface area contributed by atoms with Crippen LogP contribution in [0.1, 0.15) is 17.3 Å². The first-order chi connectivity index (χ1) is 10.0. The van der Waals surface area contributed by atoms with Crippen LogP contribution in [0.25, 0.3) is 0 Å². The fourth-order valence-electron chi connectivity index (χ4n) is 2.28. The maximum atomic E-state index is 12.5. The van der Waals surface area contributed by atoms with Gasteiger partial charge in [-0.25, -0.2) is 4.79 Å². The number of benzene rings is 1. The van der Waals surface area contributed by atoms with Gasteiger partial charge in [0.15, 0.2) is 0 Å². The van der Waals surface area contributed by atoms with Gasteiger partial charge in [0.05, 0.1) is 6.61 Å². The van der Waals surface area contributed by atoms with Crippen molar-refractivity contribution < 1.29 is 24.5 Å². The molecule has 0 spiro atoms. The predicted molar refractivity (Wildman–Crippen MR) is 74.1 cm³/mol. The van der Waals surface area contributed by atoms with Crippen LogP contribution in [0.15, 0.2) is 18.2 Å². The van der Waals surface area contributed by atoms with E-state index in [4.69, 9.17) is 4.74 Å². The van der Waals surface area contributed by atoms with Crippen molar-refractivity contribution in [3.63, 3.8) is 0 Å². The first kappa shape index (κ1) is 15.1. The summed E-state index contributed by atoms with van der Waals surface area (Å²) < 4.78 is 4.97. The van der Waals surface area contributed by atoms with Gasteiger partial charge in [-0.15, -0.1) is 0 Å². The molecule has 1 saturated heterocycles. The van der Waals surface area contributed by atoms with E-state index in [0.29, 0.717) is 19.6 Å². The minimum atomic E-state index is -0.712. The summed E-state index contributed by atoms with van der Waals surface area (Å²) in [6.45, 7) is 3.17. The molecule has 2 rings (SSSR count). The quantitative estimate of drug-likeness (QED) is 0.683. The molecule has 1 atom stereocenters. The maximum Gasteiger partial charge on any atom is 0.330 e. The Morgan fingerprint density at radius 3 is 2.62 bits per heavy atom. The number of hydrogen-bond donors (Lipinski definition) is 3. The lowest BCUT2D eigenvalue weighted by molar-refractivity contribution is -0.149. The van der Waals surface area contributed by atoms with Crippen LogP contribution < -0.4 is 5.32 Å². The number of esters is 1. The lowest BCUT2D eigenvalue weighted by Crippen LogP contribution is -2.57. The topological polar surface area (TPSA) is 99.1 Å². The molecule has 7 heteroatoms. The summed E-state index contributed by atoms with van der Waals surface area (Å²) in [5.41, 5.74) is 0.128. The van der Waals surface area contributed by atoms with E-state index in [1.54, 1.807) is 6.92 Å². The van der Waals surface area contributed by atoms with Crippen molar-refractivity contribution in [3.8, 4) is 11.5 Å². The van der Waals surface area contributed by atoms with Gasteiger partial charge in [-0.3, -0.25) is 4.79 Å². The number of amides is 1. The zero-order valence-electron chi connectivity index (χ0n) is 11.7. The standard InChI is InChI=1S/C14H18N2O5/c1-2-21-14(20)12-8-15-3-4-16(12)13(19)9-5-10(17)7-11(18)6-9/h5-7,12,15,17-18H,2-4,8H2,1H3. The van der Waals surface area contributed by atoms with Gasteiger partial charge in [-0.05, 0) is 19.1 Å². The number of hydrogen-bond acceptors (Lipinski definition) is 6. The smallest absolute Gasteiger partial charge is 0.330 e. The van der Waals surface area contributed by atoms with Crippen LogP contribution >= 0.6 is 0 Å². The Morgan fingerprint density at radius 2 is 2.00 bits per heavy atom. The average Bonchev–Trinajstić information content (AvgIpc) is 2.45. The molecule has 1 fully saturated rings. The van der Waals surface area contributed by atoms with Gasteiger partial charge in [-0.1, -0.05) is 0 Å². The summed E-state index contributed by atoms with van der Waals surface area (Å²) in [6.07, 6.45) is 0. The molecule has 0 aliphatic carbocycles. The molecule has 0 saturated carbocycles. The van der Waals surface area contributed by atoms with Crippen LogP contribution in [0.4, 0.5) is 0 Å². The van der Waals surface area contributed by atoms with Crippen molar-refractivity contribution in [1.82, 2.24) is 10.2 Å². The van der Waals surface area contributed by atoms with Crippen molar-refractivity contribution in [2.24, 2.45) is 0 Å². The zero-order valence-corrected chi connectivity index (χ0v) is 11.7. The fourth-order valence-corrected chi connectivity index (χ4v) is 2.28. The number of nitrogens with one attached hydrogen (secondary N) is 1. The Hall–Kier alpha value is -2.28. The molecule has 0 radical (unpaired) electrons. The van der Waals surface area contributed by atoms with Crippen molar-refractivity contribution in [2.75, 3.05) is 26.2 Å². The SMILES string of the molecule is CCOC(=O)C1CNCCN1C(=O)c1cc(O)cc(O)c1. The van der Waals surface area contributed by atoms with E-state index >= 15 is 0 Å². The highest BCUT2D eigenvalue weighted by Crippen LogP contribution is 2.22. The summed E-state index contributed by atoms with van der Waals surface area (Å²) in [4.78, 5) is 25.8. The number of nitrogens with zero attached hydrogens (tertiary/aromatic N) is 1. The third-order valence-corrected chi connectivity index (χ3v) is 3.21. The van der Waals surface area contributed by atoms with Crippen LogP contribution in [-0.2, 0) is 9.53 Å². The van der Waals surface area contributed by atoms with Crippen molar-refractivity contribution >= 4 is 11.9 Å². The van der Waals surface area contributed by atoms with Gasteiger partial charge >= 0.3 is 5.97 Å². The summed E-state index contributed by atoms with van der Waals surface area (Å²) >= 11 is 0. The lowest BCUT2D eigenvalue weighted by Gasteiger charge is -2.34. The van der Waals surface area contributed by atoms with E-state index < -0.39 is 17.9 Å². The molecule has 0 bridgehead atoms. The minimum Gasteiger partial charge on any atom is -0.508 e. The highest BCUT2D eigenvalue weighted by Gasteiger charge is 2.33. The molecule has 1 heterocycles. The Balaban J connectivity index is 2.24. The molecule has 21 heavy (non-hydrogen) atoms. The van der Waals surface area contributed by atoms with Crippen LogP contribution in [0, 0.1) is 0 Å². The van der Waals surface area contributed by atoms with Gasteiger partial charge in [0, 0.05) is 31.3 Å². The van der Waals surface area contributed by atoms with Gasteiger partial charge < -0.3 is 25.2 Å². The van der Waals surface area contributed by atoms with E-state index in [1.807, 2.05) is 0 Å². The summed E-state index contributed by atoms with van der Waals surface area (Å²) in [5.74, 6) is -1.31. The Labute approximate surface area is 122 Å². The fraction of sp³-hybridized carbons (Fsp3) is 0.429. The molecule has 1 aromatic carbocycles. The van der Waals surface area contributed by atoms with Crippen molar-refractivity contribution in [1.29, 1.82) is 0 Å². The number of phenols is 2. The van der Waals surface area contributed by atoms with E-state index in [9.17, 15) is 19.8 Å². The molecule has 1 aliphatic heterocycles. The average molecular weight is 294 g/mol. The third-order valence-electron chi connectivity index (χ3n) is 3.21. The number of carbonyl (C=O) groups is 2. The third kappa shape index (κ3) is 3.43. The maximum absolute atomic E-state index is 12.5. The number of ether oxygens (including phenoxy) is 1. The second kappa shape index (κ2) is 6.45. The second-order valence-electron chi connectivity index (χ2n) is 4.71. The molecule has 1 unspecified atom stereocenters. The van der Waals surface area contributed by atoms with E-state index in [1.165, 1.54) is 17.0 Å². The monoisotopic (exact) mass is 294 g/mol. The molecular weight excluding hydrogens is 276 g/mol. The van der Waals surface area contributed by atoms with Gasteiger partial charge in [0.2, 0.25) is 0 Å². The zero-order chi connectivity index (χ0) is 15.4. The molecule has 1 aliphatic rings. The molecule has 3 N–H and O–H groups in total. The number of phenolic OH excluding ortho intramolecular Hbond substituents is 2. The van der Waals surface area contributed by atoms with Crippen LogP contribution in [0.3, 0.4) is 0 Å². The largest absolute Gasteiger partial charge is 0.508 e. The van der Waals surface area contributed by atoms with Gasteiger partial charge in [0.1, 0.15) is 17.5 Å². The molecule has 1 aromatic rings.